The summed E-state index contributed by atoms with van der Waals surface area (Å²) in [6.07, 6.45) is 0. The standard InChI is InChI=1S/C17H18N2O/c1-11-8-12(2)10-14(9-11)18-13(3)17-19-15-6-4-5-7-16(15)20-17/h4-10,13,18H,1-3H3. The maximum Gasteiger partial charge on any atom is 0.217 e. The lowest BCUT2D eigenvalue weighted by Gasteiger charge is -2.13. The van der Waals surface area contributed by atoms with E-state index in [2.05, 4.69) is 49.3 Å². The Hall–Kier alpha value is -2.29. The van der Waals surface area contributed by atoms with Crippen molar-refractivity contribution in [2.75, 3.05) is 5.32 Å². The predicted octanol–water partition coefficient (Wildman–Crippen LogP) is 4.62. The molecule has 3 nitrogen and oxygen atoms in total. The quantitative estimate of drug-likeness (QED) is 0.751. The maximum absolute atomic E-state index is 5.79. The summed E-state index contributed by atoms with van der Waals surface area (Å²) in [7, 11) is 0. The Balaban J connectivity index is 1.86. The molecule has 1 heterocycles. The number of benzene rings is 2. The molecule has 1 aromatic heterocycles. The monoisotopic (exact) mass is 266 g/mol. The average molecular weight is 266 g/mol. The molecule has 1 N–H and O–H groups in total. The van der Waals surface area contributed by atoms with Gasteiger partial charge in [-0.3, -0.25) is 0 Å². The van der Waals surface area contributed by atoms with Gasteiger partial charge in [-0.25, -0.2) is 4.98 Å². The third kappa shape index (κ3) is 2.52. The summed E-state index contributed by atoms with van der Waals surface area (Å²) in [6.45, 7) is 6.26. The van der Waals surface area contributed by atoms with E-state index >= 15 is 0 Å². The van der Waals surface area contributed by atoms with E-state index in [0.29, 0.717) is 5.89 Å². The van der Waals surface area contributed by atoms with Gasteiger partial charge in [-0.15, -0.1) is 0 Å². The molecule has 0 radical (unpaired) electrons. The van der Waals surface area contributed by atoms with E-state index in [9.17, 15) is 0 Å². The van der Waals surface area contributed by atoms with Crippen LogP contribution < -0.4 is 5.32 Å². The molecule has 1 atom stereocenters. The third-order valence-electron chi connectivity index (χ3n) is 3.29. The molecular formula is C17H18N2O. The molecule has 3 rings (SSSR count). The normalized spacial score (nSPS) is 12.6. The Morgan fingerprint density at radius 2 is 1.75 bits per heavy atom. The predicted molar refractivity (Wildman–Crippen MR) is 82.0 cm³/mol. The highest BCUT2D eigenvalue weighted by atomic mass is 16.3. The molecule has 0 saturated carbocycles. The largest absolute Gasteiger partial charge is 0.438 e. The lowest BCUT2D eigenvalue weighted by Crippen LogP contribution is -2.07. The second kappa shape index (κ2) is 5.00. The molecule has 0 aliphatic heterocycles. The molecule has 0 aliphatic rings. The molecule has 3 heteroatoms. The van der Waals surface area contributed by atoms with E-state index in [4.69, 9.17) is 4.42 Å². The van der Waals surface area contributed by atoms with Crippen LogP contribution in [0.25, 0.3) is 11.1 Å². The van der Waals surface area contributed by atoms with E-state index < -0.39 is 0 Å². The molecule has 0 fully saturated rings. The highest BCUT2D eigenvalue weighted by Crippen LogP contribution is 2.24. The Bertz CT molecular complexity index is 692. The van der Waals surface area contributed by atoms with Crippen molar-refractivity contribution in [3.05, 3.63) is 59.5 Å². The van der Waals surface area contributed by atoms with Gasteiger partial charge >= 0.3 is 0 Å². The molecule has 0 spiro atoms. The Morgan fingerprint density at radius 1 is 1.05 bits per heavy atom. The number of aromatic nitrogens is 1. The fraction of sp³-hybridized carbons (Fsp3) is 0.235. The van der Waals surface area contributed by atoms with Crippen LogP contribution in [0.15, 0.2) is 46.9 Å². The first-order chi connectivity index (χ1) is 9.61. The van der Waals surface area contributed by atoms with Crippen LogP contribution in [0, 0.1) is 13.8 Å². The van der Waals surface area contributed by atoms with E-state index in [1.54, 1.807) is 0 Å². The molecular weight excluding hydrogens is 248 g/mol. The molecule has 2 aromatic carbocycles. The third-order valence-corrected chi connectivity index (χ3v) is 3.29. The average Bonchev–Trinajstić information content (AvgIpc) is 2.81. The van der Waals surface area contributed by atoms with Crippen molar-refractivity contribution in [1.82, 2.24) is 4.98 Å². The summed E-state index contributed by atoms with van der Waals surface area (Å²) in [5, 5.41) is 3.44. The van der Waals surface area contributed by atoms with Gasteiger partial charge in [-0.05, 0) is 56.2 Å². The van der Waals surface area contributed by atoms with Gasteiger partial charge in [0, 0.05) is 5.69 Å². The van der Waals surface area contributed by atoms with Gasteiger partial charge in [0.15, 0.2) is 5.58 Å². The number of rotatable bonds is 3. The molecule has 0 saturated heterocycles. The number of nitrogens with zero attached hydrogens (tertiary/aromatic N) is 1. The van der Waals surface area contributed by atoms with Gasteiger partial charge in [0.25, 0.3) is 0 Å². The topological polar surface area (TPSA) is 38.1 Å². The van der Waals surface area contributed by atoms with Crippen molar-refractivity contribution in [1.29, 1.82) is 0 Å². The lowest BCUT2D eigenvalue weighted by molar-refractivity contribution is 0.506. The highest BCUT2D eigenvalue weighted by molar-refractivity contribution is 5.72. The second-order valence-corrected chi connectivity index (χ2v) is 5.26. The minimum atomic E-state index is 0.0311. The van der Waals surface area contributed by atoms with Crippen molar-refractivity contribution < 1.29 is 4.42 Å². The Kier molecular flexibility index (Phi) is 3.18. The number of aryl methyl sites for hydroxylation is 2. The van der Waals surface area contributed by atoms with Gasteiger partial charge in [0.05, 0.1) is 0 Å². The highest BCUT2D eigenvalue weighted by Gasteiger charge is 2.13. The van der Waals surface area contributed by atoms with Crippen LogP contribution in [-0.4, -0.2) is 4.98 Å². The smallest absolute Gasteiger partial charge is 0.217 e. The molecule has 102 valence electrons. The summed E-state index contributed by atoms with van der Waals surface area (Å²) in [5.74, 6) is 0.713. The summed E-state index contributed by atoms with van der Waals surface area (Å²) in [5.41, 5.74) is 5.32. The number of fused-ring (bicyclic) bond motifs is 1. The first-order valence-corrected chi connectivity index (χ1v) is 6.82. The molecule has 0 amide bonds. The van der Waals surface area contributed by atoms with Gasteiger partial charge in [0.1, 0.15) is 11.6 Å². The zero-order valence-corrected chi connectivity index (χ0v) is 12.0. The molecule has 0 bridgehead atoms. The minimum absolute atomic E-state index is 0.0311. The molecule has 1 unspecified atom stereocenters. The molecule has 0 aliphatic carbocycles. The fourth-order valence-corrected chi connectivity index (χ4v) is 2.44. The van der Waals surface area contributed by atoms with E-state index in [-0.39, 0.29) is 6.04 Å². The summed E-state index contributed by atoms with van der Waals surface area (Å²) in [6, 6.07) is 14.3. The SMILES string of the molecule is Cc1cc(C)cc(NC(C)c2nc3ccccc3o2)c1. The van der Waals surface area contributed by atoms with Crippen molar-refractivity contribution in [3.8, 4) is 0 Å². The lowest BCUT2D eigenvalue weighted by atomic mass is 10.1. The number of nitrogens with one attached hydrogen (secondary N) is 1. The zero-order valence-electron chi connectivity index (χ0n) is 12.0. The Labute approximate surface area is 118 Å². The van der Waals surface area contributed by atoms with Crippen LogP contribution in [0.5, 0.6) is 0 Å². The summed E-state index contributed by atoms with van der Waals surface area (Å²) < 4.78 is 5.79. The number of oxazole rings is 1. The molecule has 20 heavy (non-hydrogen) atoms. The van der Waals surface area contributed by atoms with Crippen molar-refractivity contribution in [3.63, 3.8) is 0 Å². The second-order valence-electron chi connectivity index (χ2n) is 5.26. The molecule has 3 aromatic rings. The van der Waals surface area contributed by atoms with Crippen LogP contribution in [0.1, 0.15) is 30.0 Å². The minimum Gasteiger partial charge on any atom is -0.438 e. The van der Waals surface area contributed by atoms with Crippen molar-refractivity contribution >= 4 is 16.8 Å². The summed E-state index contributed by atoms with van der Waals surface area (Å²) >= 11 is 0. The van der Waals surface area contributed by atoms with E-state index in [0.717, 1.165) is 16.8 Å². The van der Waals surface area contributed by atoms with Crippen molar-refractivity contribution in [2.24, 2.45) is 0 Å². The number of hydrogen-bond acceptors (Lipinski definition) is 3. The van der Waals surface area contributed by atoms with Gasteiger partial charge < -0.3 is 9.73 Å². The van der Waals surface area contributed by atoms with E-state index in [1.165, 1.54) is 11.1 Å². The Morgan fingerprint density at radius 3 is 2.45 bits per heavy atom. The van der Waals surface area contributed by atoms with Gasteiger partial charge in [0.2, 0.25) is 5.89 Å². The number of para-hydroxylation sites is 2. The van der Waals surface area contributed by atoms with Gasteiger partial charge in [-0.2, -0.15) is 0 Å². The number of anilines is 1. The van der Waals surface area contributed by atoms with Crippen molar-refractivity contribution in [2.45, 2.75) is 26.8 Å². The van der Waals surface area contributed by atoms with E-state index in [1.807, 2.05) is 24.3 Å². The van der Waals surface area contributed by atoms with Crippen LogP contribution in [0.4, 0.5) is 5.69 Å². The fourth-order valence-electron chi connectivity index (χ4n) is 2.44. The maximum atomic E-state index is 5.79. The summed E-state index contributed by atoms with van der Waals surface area (Å²) in [4.78, 5) is 4.52. The van der Waals surface area contributed by atoms with Gasteiger partial charge in [-0.1, -0.05) is 18.2 Å². The van der Waals surface area contributed by atoms with Crippen LogP contribution in [0.3, 0.4) is 0 Å². The van der Waals surface area contributed by atoms with Crippen LogP contribution in [0.2, 0.25) is 0 Å². The van der Waals surface area contributed by atoms with Crippen LogP contribution >= 0.6 is 0 Å². The first-order valence-electron chi connectivity index (χ1n) is 6.82. The first kappa shape index (κ1) is 12.7. The van der Waals surface area contributed by atoms with Crippen LogP contribution in [-0.2, 0) is 0 Å². The zero-order chi connectivity index (χ0) is 14.1. The number of hydrogen-bond donors (Lipinski definition) is 1.